The predicted molar refractivity (Wildman–Crippen MR) is 180 cm³/mol. The van der Waals surface area contributed by atoms with E-state index < -0.39 is 59.8 Å². The molecule has 0 bridgehead atoms. The van der Waals surface area contributed by atoms with Gasteiger partial charge in [-0.2, -0.15) is 25.3 Å². The molecule has 5 atom stereocenters. The Morgan fingerprint density at radius 2 is 1.13 bits per heavy atom. The van der Waals surface area contributed by atoms with E-state index in [0.717, 1.165) is 0 Å². The molecular formula is C30H42N8O6S2. The van der Waals surface area contributed by atoms with Gasteiger partial charge in [-0.05, 0) is 24.0 Å². The normalized spacial score (nSPS) is 14.0. The van der Waals surface area contributed by atoms with Crippen LogP contribution in [0.15, 0.2) is 60.7 Å². The molecule has 4 amide bonds. The molecule has 0 aliphatic heterocycles. The Bertz CT molecular complexity index is 1320. The maximum atomic E-state index is 13.8. The molecule has 14 nitrogen and oxygen atoms in total. The molecule has 250 valence electrons. The number of nitrogens with one attached hydrogen (secondary N) is 6. The van der Waals surface area contributed by atoms with E-state index in [0.29, 0.717) is 17.5 Å². The molecular weight excluding hydrogens is 633 g/mol. The summed E-state index contributed by atoms with van der Waals surface area (Å²) < 4.78 is 0. The maximum absolute atomic E-state index is 13.8. The Kier molecular flexibility index (Phi) is 16.5. The van der Waals surface area contributed by atoms with E-state index in [4.69, 9.17) is 16.9 Å². The van der Waals surface area contributed by atoms with Gasteiger partial charge in [0.25, 0.3) is 0 Å². The fourth-order valence-corrected chi connectivity index (χ4v) is 4.69. The molecule has 0 heterocycles. The lowest BCUT2D eigenvalue weighted by Crippen LogP contribution is -2.59. The molecule has 2 aromatic carbocycles. The number of thiol groups is 2. The predicted octanol–water partition coefficient (Wildman–Crippen LogP) is -1.05. The van der Waals surface area contributed by atoms with Gasteiger partial charge in [-0.3, -0.25) is 24.6 Å². The number of rotatable bonds is 19. The largest absolute Gasteiger partial charge is 0.480 e. The lowest BCUT2D eigenvalue weighted by molar-refractivity contribution is -0.141. The molecule has 0 spiro atoms. The van der Waals surface area contributed by atoms with Crippen molar-refractivity contribution in [3.05, 3.63) is 71.8 Å². The van der Waals surface area contributed by atoms with Crippen molar-refractivity contribution in [2.24, 2.45) is 11.5 Å². The third-order valence-electron chi connectivity index (χ3n) is 6.78. The molecule has 0 saturated carbocycles. The van der Waals surface area contributed by atoms with E-state index in [-0.39, 0.29) is 43.3 Å². The summed E-state index contributed by atoms with van der Waals surface area (Å²) in [5.74, 6) is -4.42. The van der Waals surface area contributed by atoms with Gasteiger partial charge < -0.3 is 43.2 Å². The number of aliphatic carboxylic acids is 1. The number of amides is 4. The van der Waals surface area contributed by atoms with Crippen LogP contribution in [0.1, 0.15) is 24.0 Å². The highest BCUT2D eigenvalue weighted by atomic mass is 32.1. The molecule has 0 fully saturated rings. The zero-order valence-electron chi connectivity index (χ0n) is 25.1. The van der Waals surface area contributed by atoms with Gasteiger partial charge in [-0.25, -0.2) is 4.79 Å². The van der Waals surface area contributed by atoms with Crippen molar-refractivity contribution < 1.29 is 29.1 Å². The van der Waals surface area contributed by atoms with Gasteiger partial charge in [0.15, 0.2) is 5.96 Å². The second kappa shape index (κ2) is 20.0. The average molecular weight is 675 g/mol. The van der Waals surface area contributed by atoms with Crippen LogP contribution in [0.2, 0.25) is 0 Å². The fourth-order valence-electron chi connectivity index (χ4n) is 4.28. The minimum Gasteiger partial charge on any atom is -0.480 e. The van der Waals surface area contributed by atoms with Crippen molar-refractivity contribution >= 4 is 60.8 Å². The number of benzene rings is 2. The van der Waals surface area contributed by atoms with Crippen LogP contribution >= 0.6 is 25.3 Å². The Morgan fingerprint density at radius 3 is 1.54 bits per heavy atom. The Balaban J connectivity index is 2.35. The first-order chi connectivity index (χ1) is 21.9. The first-order valence-electron chi connectivity index (χ1n) is 14.5. The molecule has 0 aliphatic rings. The van der Waals surface area contributed by atoms with Crippen molar-refractivity contribution in [3.63, 3.8) is 0 Å². The molecule has 0 saturated heterocycles. The SMILES string of the molecule is N=C(N)NCCC[C@H](NC(=O)[C@H](N)CS)C(=O)N[C@@H](Cc1ccccc1)C(=O)N[C@@H](Cc1ccccc1)C(=O)N[C@@H](CS)C(=O)O. The van der Waals surface area contributed by atoms with Crippen molar-refractivity contribution in [2.75, 3.05) is 18.1 Å². The van der Waals surface area contributed by atoms with Gasteiger partial charge in [-0.1, -0.05) is 60.7 Å². The number of carboxylic acids is 1. The summed E-state index contributed by atoms with van der Waals surface area (Å²) in [7, 11) is 0. The Labute approximate surface area is 278 Å². The van der Waals surface area contributed by atoms with Crippen LogP contribution in [0.4, 0.5) is 0 Å². The number of hydrogen-bond donors (Lipinski definition) is 11. The summed E-state index contributed by atoms with van der Waals surface area (Å²) in [4.78, 5) is 64.8. The van der Waals surface area contributed by atoms with Crippen molar-refractivity contribution in [1.82, 2.24) is 26.6 Å². The maximum Gasteiger partial charge on any atom is 0.327 e. The van der Waals surface area contributed by atoms with Gasteiger partial charge in [0.2, 0.25) is 23.6 Å². The van der Waals surface area contributed by atoms with E-state index in [1.807, 2.05) is 0 Å². The average Bonchev–Trinajstić information content (AvgIpc) is 3.04. The molecule has 11 N–H and O–H groups in total. The summed E-state index contributed by atoms with van der Waals surface area (Å²) >= 11 is 8.04. The van der Waals surface area contributed by atoms with Crippen molar-refractivity contribution in [3.8, 4) is 0 Å². The van der Waals surface area contributed by atoms with E-state index >= 15 is 0 Å². The number of hydrogen-bond acceptors (Lipinski definition) is 9. The van der Waals surface area contributed by atoms with Crippen molar-refractivity contribution in [2.45, 2.75) is 55.9 Å². The van der Waals surface area contributed by atoms with Crippen LogP contribution in [0.5, 0.6) is 0 Å². The highest BCUT2D eigenvalue weighted by Crippen LogP contribution is 2.09. The minimum atomic E-state index is -1.30. The van der Waals surface area contributed by atoms with Gasteiger partial charge in [0.1, 0.15) is 24.2 Å². The first kappa shape index (κ1) is 37.9. The summed E-state index contributed by atoms with van der Waals surface area (Å²) in [6.45, 7) is 0.251. The van der Waals surface area contributed by atoms with E-state index in [9.17, 15) is 29.1 Å². The zero-order chi connectivity index (χ0) is 34.1. The molecule has 0 unspecified atom stereocenters. The van der Waals surface area contributed by atoms with Crippen LogP contribution in [0.25, 0.3) is 0 Å². The molecule has 2 aromatic rings. The monoisotopic (exact) mass is 674 g/mol. The summed E-state index contributed by atoms with van der Waals surface area (Å²) in [6, 6.07) is 11.9. The van der Waals surface area contributed by atoms with E-state index in [1.165, 1.54) is 0 Å². The molecule has 0 aliphatic carbocycles. The number of carboxylic acid groups (broad SMARTS) is 1. The fraction of sp³-hybridized carbons (Fsp3) is 0.400. The van der Waals surface area contributed by atoms with Crippen LogP contribution in [-0.2, 0) is 36.8 Å². The third-order valence-corrected chi connectivity index (χ3v) is 7.54. The molecule has 46 heavy (non-hydrogen) atoms. The second-order valence-electron chi connectivity index (χ2n) is 10.4. The van der Waals surface area contributed by atoms with Crippen molar-refractivity contribution in [1.29, 1.82) is 5.41 Å². The van der Waals surface area contributed by atoms with Gasteiger partial charge in [-0.15, -0.1) is 0 Å². The van der Waals surface area contributed by atoms with Crippen LogP contribution in [-0.4, -0.2) is 88.9 Å². The summed E-state index contributed by atoms with van der Waals surface area (Å²) in [6.07, 6.45) is 0.525. The van der Waals surface area contributed by atoms with E-state index in [1.54, 1.807) is 60.7 Å². The van der Waals surface area contributed by atoms with E-state index in [2.05, 4.69) is 51.8 Å². The second-order valence-corrected chi connectivity index (χ2v) is 11.1. The molecule has 0 radical (unpaired) electrons. The number of nitrogens with two attached hydrogens (primary N) is 2. The number of carbonyl (C=O) groups is 5. The lowest BCUT2D eigenvalue weighted by atomic mass is 10.0. The molecule has 0 aromatic heterocycles. The van der Waals surface area contributed by atoms with Gasteiger partial charge in [0.05, 0.1) is 6.04 Å². The standard InChI is InChI=1S/C30H42N8O6S2/c31-20(16-45)25(39)35-21(12-7-13-34-30(32)33)26(40)36-22(14-18-8-3-1-4-9-18)27(41)37-23(15-19-10-5-2-6-11-19)28(42)38-24(17-46)29(43)44/h1-6,8-11,20-24,45-46H,7,12-17,31H2,(H,35,39)(H,36,40)(H,37,41)(H,38,42)(H,43,44)(H4,32,33,34)/t20-,21+,22+,23+,24+/m1/s1. The van der Waals surface area contributed by atoms with Gasteiger partial charge >= 0.3 is 5.97 Å². The van der Waals surface area contributed by atoms with Crippen LogP contribution < -0.4 is 38.1 Å². The van der Waals surface area contributed by atoms with Crippen LogP contribution in [0, 0.1) is 5.41 Å². The molecule has 2 rings (SSSR count). The lowest BCUT2D eigenvalue weighted by Gasteiger charge is -2.26. The Morgan fingerprint density at radius 1 is 0.696 bits per heavy atom. The smallest absolute Gasteiger partial charge is 0.327 e. The zero-order valence-corrected chi connectivity index (χ0v) is 26.9. The van der Waals surface area contributed by atoms with Gasteiger partial charge in [0, 0.05) is 30.9 Å². The third kappa shape index (κ3) is 13.4. The highest BCUT2D eigenvalue weighted by Gasteiger charge is 2.32. The van der Waals surface area contributed by atoms with Crippen LogP contribution in [0.3, 0.4) is 0 Å². The summed E-state index contributed by atoms with van der Waals surface area (Å²) in [5.41, 5.74) is 12.5. The molecule has 16 heteroatoms. The quantitative estimate of drug-likeness (QED) is 0.0376. The highest BCUT2D eigenvalue weighted by molar-refractivity contribution is 7.80. The Hall–Kier alpha value is -4.28. The minimum absolute atomic E-state index is 0.0337. The summed E-state index contributed by atoms with van der Waals surface area (Å²) in [5, 5.41) is 29.8. The topological polar surface area (TPSA) is 242 Å². The first-order valence-corrected chi connectivity index (χ1v) is 15.8. The number of carbonyl (C=O) groups excluding carboxylic acids is 4. The number of guanidine groups is 1.